The molecule has 1 aromatic rings. The molecule has 0 aliphatic carbocycles. The molecule has 1 aromatic heterocycles. The molecular weight excluding hydrogens is 180 g/mol. The summed E-state index contributed by atoms with van der Waals surface area (Å²) in [6, 6.07) is 0. The van der Waals surface area contributed by atoms with Gasteiger partial charge in [0.2, 0.25) is 0 Å². The predicted molar refractivity (Wildman–Crippen MR) is 51.5 cm³/mol. The number of nitrogens with zero attached hydrogens (tertiary/aromatic N) is 4. The van der Waals surface area contributed by atoms with Crippen LogP contribution in [0.2, 0.25) is 0 Å². The van der Waals surface area contributed by atoms with E-state index in [1.165, 1.54) is 13.0 Å². The molecule has 1 aliphatic heterocycles. The first-order valence-electron chi connectivity index (χ1n) is 4.96. The molecule has 1 unspecified atom stereocenters. The van der Waals surface area contributed by atoms with Crippen molar-refractivity contribution >= 4 is 0 Å². The molecule has 0 bridgehead atoms. The van der Waals surface area contributed by atoms with Gasteiger partial charge in [0.25, 0.3) is 0 Å². The highest BCUT2D eigenvalue weighted by Crippen LogP contribution is 2.15. The van der Waals surface area contributed by atoms with Crippen LogP contribution in [0.5, 0.6) is 0 Å². The van der Waals surface area contributed by atoms with Crippen molar-refractivity contribution < 1.29 is 5.11 Å². The van der Waals surface area contributed by atoms with E-state index in [2.05, 4.69) is 22.3 Å². The summed E-state index contributed by atoms with van der Waals surface area (Å²) in [6.07, 6.45) is 3.04. The van der Waals surface area contributed by atoms with Gasteiger partial charge in [-0.25, -0.2) is 0 Å². The number of likely N-dealkylation sites (tertiary alicyclic amines) is 1. The van der Waals surface area contributed by atoms with Gasteiger partial charge in [0, 0.05) is 13.1 Å². The summed E-state index contributed by atoms with van der Waals surface area (Å²) in [4.78, 5) is 2.33. The second-order valence-electron chi connectivity index (χ2n) is 4.01. The van der Waals surface area contributed by atoms with E-state index < -0.39 is 0 Å². The van der Waals surface area contributed by atoms with Gasteiger partial charge >= 0.3 is 0 Å². The van der Waals surface area contributed by atoms with E-state index in [1.54, 1.807) is 0 Å². The Labute approximate surface area is 83.3 Å². The third-order valence-corrected chi connectivity index (χ3v) is 2.68. The summed E-state index contributed by atoms with van der Waals surface area (Å²) in [7, 11) is 2.14. The molecule has 0 aromatic carbocycles. The second-order valence-corrected chi connectivity index (χ2v) is 4.01. The fourth-order valence-electron chi connectivity index (χ4n) is 1.94. The number of aromatic nitrogens is 3. The summed E-state index contributed by atoms with van der Waals surface area (Å²) in [5, 5.41) is 16.6. The van der Waals surface area contributed by atoms with Crippen LogP contribution in [0.15, 0.2) is 6.20 Å². The highest BCUT2D eigenvalue weighted by Gasteiger charge is 2.20. The molecule has 14 heavy (non-hydrogen) atoms. The molecule has 5 heteroatoms. The number of hydrogen-bond donors (Lipinski definition) is 1. The lowest BCUT2D eigenvalue weighted by Crippen LogP contribution is -2.17. The number of aliphatic hydroxyl groups excluding tert-OH is 1. The van der Waals surface area contributed by atoms with Crippen LogP contribution in [0.4, 0.5) is 0 Å². The smallest absolute Gasteiger partial charge is 0.108 e. The molecule has 1 aliphatic rings. The molecule has 2 rings (SSSR count). The van der Waals surface area contributed by atoms with Crippen molar-refractivity contribution in [1.29, 1.82) is 0 Å². The summed E-state index contributed by atoms with van der Waals surface area (Å²) in [6.45, 7) is 3.20. The molecule has 0 saturated carbocycles. The van der Waals surface area contributed by atoms with Gasteiger partial charge in [-0.1, -0.05) is 5.21 Å². The largest absolute Gasteiger partial charge is 0.390 e. The minimum Gasteiger partial charge on any atom is -0.390 e. The zero-order valence-electron chi connectivity index (χ0n) is 8.43. The van der Waals surface area contributed by atoms with Gasteiger partial charge in [-0.15, -0.1) is 5.10 Å². The Morgan fingerprint density at radius 1 is 1.64 bits per heavy atom. The maximum Gasteiger partial charge on any atom is 0.108 e. The molecule has 0 spiro atoms. The van der Waals surface area contributed by atoms with Crippen LogP contribution < -0.4 is 0 Å². The van der Waals surface area contributed by atoms with Crippen molar-refractivity contribution in [2.75, 3.05) is 20.1 Å². The van der Waals surface area contributed by atoms with Crippen LogP contribution in [0, 0.1) is 5.92 Å². The maximum absolute atomic E-state index is 8.83. The first-order valence-corrected chi connectivity index (χ1v) is 4.96. The van der Waals surface area contributed by atoms with Gasteiger partial charge < -0.3 is 10.0 Å². The van der Waals surface area contributed by atoms with Crippen molar-refractivity contribution in [1.82, 2.24) is 19.9 Å². The zero-order chi connectivity index (χ0) is 9.97. The minimum atomic E-state index is -0.0232. The Balaban J connectivity index is 1.90. The van der Waals surface area contributed by atoms with Crippen LogP contribution in [-0.2, 0) is 13.2 Å². The highest BCUT2D eigenvalue weighted by molar-refractivity contribution is 4.89. The van der Waals surface area contributed by atoms with E-state index in [0.717, 1.165) is 13.1 Å². The molecule has 1 saturated heterocycles. The van der Waals surface area contributed by atoms with Gasteiger partial charge in [-0.3, -0.25) is 4.68 Å². The normalized spacial score (nSPS) is 23.1. The topological polar surface area (TPSA) is 54.2 Å². The lowest BCUT2D eigenvalue weighted by molar-refractivity contribution is 0.276. The van der Waals surface area contributed by atoms with Crippen LogP contribution in [0.25, 0.3) is 0 Å². The SMILES string of the molecule is CN1CCC(Cn2cc(CO)nn2)C1. The zero-order valence-corrected chi connectivity index (χ0v) is 8.43. The standard InChI is InChI=1S/C9H16N4O/c1-12-3-2-8(4-12)5-13-6-9(7-14)10-11-13/h6,8,14H,2-5,7H2,1H3. The summed E-state index contributed by atoms with van der Waals surface area (Å²) >= 11 is 0. The van der Waals surface area contributed by atoms with Crippen molar-refractivity contribution in [3.63, 3.8) is 0 Å². The molecule has 0 amide bonds. The van der Waals surface area contributed by atoms with E-state index in [4.69, 9.17) is 5.11 Å². The first-order chi connectivity index (χ1) is 6.78. The fraction of sp³-hybridized carbons (Fsp3) is 0.778. The summed E-state index contributed by atoms with van der Waals surface area (Å²) < 4.78 is 1.83. The maximum atomic E-state index is 8.83. The lowest BCUT2D eigenvalue weighted by Gasteiger charge is -2.09. The lowest BCUT2D eigenvalue weighted by atomic mass is 10.1. The average molecular weight is 196 g/mol. The number of hydrogen-bond acceptors (Lipinski definition) is 4. The Bertz CT molecular complexity index is 299. The van der Waals surface area contributed by atoms with Gasteiger partial charge in [0.1, 0.15) is 5.69 Å². The average Bonchev–Trinajstić information content (AvgIpc) is 2.76. The van der Waals surface area contributed by atoms with Gasteiger partial charge in [0.05, 0.1) is 12.8 Å². The van der Waals surface area contributed by atoms with E-state index in [9.17, 15) is 0 Å². The molecule has 1 fully saturated rings. The molecule has 0 radical (unpaired) electrons. The van der Waals surface area contributed by atoms with Crippen molar-refractivity contribution in [2.45, 2.75) is 19.6 Å². The van der Waals surface area contributed by atoms with E-state index >= 15 is 0 Å². The summed E-state index contributed by atoms with van der Waals surface area (Å²) in [5.74, 6) is 0.674. The quantitative estimate of drug-likeness (QED) is 0.722. The molecule has 1 N–H and O–H groups in total. The Morgan fingerprint density at radius 2 is 2.50 bits per heavy atom. The van der Waals surface area contributed by atoms with E-state index in [-0.39, 0.29) is 6.61 Å². The van der Waals surface area contributed by atoms with E-state index in [1.807, 2.05) is 10.9 Å². The number of rotatable bonds is 3. The third-order valence-electron chi connectivity index (χ3n) is 2.68. The van der Waals surface area contributed by atoms with Crippen molar-refractivity contribution in [2.24, 2.45) is 5.92 Å². The van der Waals surface area contributed by atoms with Crippen molar-refractivity contribution in [3.8, 4) is 0 Å². The second kappa shape index (κ2) is 4.06. The molecular formula is C9H16N4O. The minimum absolute atomic E-state index is 0.0232. The van der Waals surface area contributed by atoms with E-state index in [0.29, 0.717) is 11.6 Å². The van der Waals surface area contributed by atoms with Crippen LogP contribution >= 0.6 is 0 Å². The molecule has 2 heterocycles. The van der Waals surface area contributed by atoms with Crippen molar-refractivity contribution in [3.05, 3.63) is 11.9 Å². The predicted octanol–water partition coefficient (Wildman–Crippen LogP) is -0.278. The van der Waals surface area contributed by atoms with Gasteiger partial charge in [-0.2, -0.15) is 0 Å². The molecule has 78 valence electrons. The Hall–Kier alpha value is -0.940. The van der Waals surface area contributed by atoms with Crippen LogP contribution in [-0.4, -0.2) is 45.1 Å². The van der Waals surface area contributed by atoms with Gasteiger partial charge in [-0.05, 0) is 25.9 Å². The highest BCUT2D eigenvalue weighted by atomic mass is 16.3. The molecule has 1 atom stereocenters. The molecule has 5 nitrogen and oxygen atoms in total. The van der Waals surface area contributed by atoms with Crippen LogP contribution in [0.3, 0.4) is 0 Å². The third kappa shape index (κ3) is 2.10. The van der Waals surface area contributed by atoms with Crippen LogP contribution in [0.1, 0.15) is 12.1 Å². The Kier molecular flexibility index (Phi) is 2.79. The monoisotopic (exact) mass is 196 g/mol. The number of aliphatic hydroxyl groups is 1. The van der Waals surface area contributed by atoms with Gasteiger partial charge in [0.15, 0.2) is 0 Å². The first kappa shape index (κ1) is 9.61. The summed E-state index contributed by atoms with van der Waals surface area (Å²) in [5.41, 5.74) is 0.649. The Morgan fingerprint density at radius 3 is 3.07 bits per heavy atom. The fourth-order valence-corrected chi connectivity index (χ4v) is 1.94.